The molecule has 1 aromatic rings. The van der Waals surface area contributed by atoms with Gasteiger partial charge >= 0.3 is 5.97 Å². The maximum absolute atomic E-state index is 11.6. The van der Waals surface area contributed by atoms with Crippen LogP contribution in [-0.4, -0.2) is 16.6 Å². The third-order valence-corrected chi connectivity index (χ3v) is 4.07. The van der Waals surface area contributed by atoms with E-state index >= 15 is 0 Å². The fourth-order valence-corrected chi connectivity index (χ4v) is 2.97. The molecule has 0 spiro atoms. The highest BCUT2D eigenvalue weighted by Gasteiger charge is 2.38. The molecule has 1 fully saturated rings. The van der Waals surface area contributed by atoms with Gasteiger partial charge in [-0.1, -0.05) is 47.7 Å². The molecule has 0 bridgehead atoms. The number of carbonyl (C=O) groups is 1. The largest absolute Gasteiger partial charge is 0.480 e. The molecule has 0 unspecified atom stereocenters. The van der Waals surface area contributed by atoms with E-state index in [0.29, 0.717) is 12.8 Å². The highest BCUT2D eigenvalue weighted by molar-refractivity contribution is 9.10. The molecule has 2 rings (SSSR count). The summed E-state index contributed by atoms with van der Waals surface area (Å²) in [6, 6.07) is 7.69. The molecule has 18 heavy (non-hydrogen) atoms. The van der Waals surface area contributed by atoms with E-state index in [2.05, 4.69) is 21.2 Å². The number of nitrogens with one attached hydrogen (secondary N) is 1. The summed E-state index contributed by atoms with van der Waals surface area (Å²) in [6.07, 6.45) is 5.63. The van der Waals surface area contributed by atoms with Crippen molar-refractivity contribution < 1.29 is 9.90 Å². The molecule has 0 radical (unpaired) electrons. The van der Waals surface area contributed by atoms with Crippen LogP contribution in [0.15, 0.2) is 28.7 Å². The average molecular weight is 312 g/mol. The fourth-order valence-electron chi connectivity index (χ4n) is 2.57. The molecule has 3 nitrogen and oxygen atoms in total. The molecular formula is C14H18BrNO2. The second-order valence-electron chi connectivity index (χ2n) is 4.94. The van der Waals surface area contributed by atoms with Gasteiger partial charge in [-0.3, -0.25) is 0 Å². The zero-order valence-electron chi connectivity index (χ0n) is 10.3. The molecular weight excluding hydrogens is 294 g/mol. The lowest BCUT2D eigenvalue weighted by atomic mass is 9.90. The van der Waals surface area contributed by atoms with Crippen molar-refractivity contribution in [3.63, 3.8) is 0 Å². The summed E-state index contributed by atoms with van der Waals surface area (Å²) in [5, 5.41) is 12.8. The van der Waals surface area contributed by atoms with Crippen LogP contribution in [0.2, 0.25) is 0 Å². The van der Waals surface area contributed by atoms with Crippen molar-refractivity contribution in [1.82, 2.24) is 0 Å². The van der Waals surface area contributed by atoms with Gasteiger partial charge in [0.2, 0.25) is 0 Å². The number of halogens is 1. The SMILES string of the molecule is O=C(O)C1(Nc2cccc(Br)c2)CCCCCC1. The standard InChI is InChI=1S/C14H18BrNO2/c15-11-6-5-7-12(10-11)16-14(13(17)18)8-3-1-2-4-9-14/h5-7,10,16H,1-4,8-9H2,(H,17,18). The molecule has 0 amide bonds. The van der Waals surface area contributed by atoms with Crippen molar-refractivity contribution >= 4 is 27.6 Å². The number of carboxylic acids is 1. The summed E-state index contributed by atoms with van der Waals surface area (Å²) in [7, 11) is 0. The average Bonchev–Trinajstić information content (AvgIpc) is 2.55. The van der Waals surface area contributed by atoms with Gasteiger partial charge in [0.05, 0.1) is 0 Å². The number of aliphatic carboxylic acids is 1. The first-order chi connectivity index (χ1) is 8.62. The Morgan fingerprint density at radius 1 is 1.22 bits per heavy atom. The number of carboxylic acid groups (broad SMARTS) is 1. The Morgan fingerprint density at radius 2 is 1.89 bits per heavy atom. The summed E-state index contributed by atoms with van der Waals surface area (Å²) in [6.45, 7) is 0. The van der Waals surface area contributed by atoms with E-state index in [9.17, 15) is 9.90 Å². The van der Waals surface area contributed by atoms with E-state index in [1.165, 1.54) is 0 Å². The second-order valence-corrected chi connectivity index (χ2v) is 5.85. The Labute approximate surface area is 116 Å². The summed E-state index contributed by atoms with van der Waals surface area (Å²) in [5.41, 5.74) is 0.0748. The van der Waals surface area contributed by atoms with Crippen LogP contribution in [0, 0.1) is 0 Å². The minimum absolute atomic E-state index is 0.703. The monoisotopic (exact) mass is 311 g/mol. The zero-order chi connectivity index (χ0) is 13.0. The molecule has 98 valence electrons. The maximum atomic E-state index is 11.6. The summed E-state index contributed by atoms with van der Waals surface area (Å²) < 4.78 is 0.960. The van der Waals surface area contributed by atoms with E-state index < -0.39 is 11.5 Å². The molecule has 0 aromatic heterocycles. The summed E-state index contributed by atoms with van der Waals surface area (Å²) >= 11 is 3.41. The van der Waals surface area contributed by atoms with Crippen molar-refractivity contribution in [2.24, 2.45) is 0 Å². The van der Waals surface area contributed by atoms with Crippen LogP contribution in [0.25, 0.3) is 0 Å². The van der Waals surface area contributed by atoms with Crippen molar-refractivity contribution in [2.45, 2.75) is 44.1 Å². The Kier molecular flexibility index (Phi) is 4.27. The normalized spacial score (nSPS) is 18.9. The third kappa shape index (κ3) is 3.05. The summed E-state index contributed by atoms with van der Waals surface area (Å²) in [5.74, 6) is -0.732. The van der Waals surface area contributed by atoms with E-state index in [1.54, 1.807) is 0 Å². The van der Waals surface area contributed by atoms with Crippen LogP contribution < -0.4 is 5.32 Å². The highest BCUT2D eigenvalue weighted by atomic mass is 79.9. The molecule has 0 heterocycles. The van der Waals surface area contributed by atoms with Crippen LogP contribution in [0.4, 0.5) is 5.69 Å². The number of rotatable bonds is 3. The van der Waals surface area contributed by atoms with Gasteiger partial charge in [-0.15, -0.1) is 0 Å². The van der Waals surface area contributed by atoms with Crippen LogP contribution in [0.1, 0.15) is 38.5 Å². The molecule has 1 aliphatic carbocycles. The number of hydrogen-bond acceptors (Lipinski definition) is 2. The van der Waals surface area contributed by atoms with Crippen LogP contribution >= 0.6 is 15.9 Å². The van der Waals surface area contributed by atoms with Crippen molar-refractivity contribution in [1.29, 1.82) is 0 Å². The van der Waals surface area contributed by atoms with Gasteiger partial charge in [-0.05, 0) is 31.0 Å². The van der Waals surface area contributed by atoms with E-state index in [1.807, 2.05) is 24.3 Å². The first kappa shape index (κ1) is 13.4. The van der Waals surface area contributed by atoms with Gasteiger partial charge in [-0.2, -0.15) is 0 Å². The Balaban J connectivity index is 2.22. The topological polar surface area (TPSA) is 49.3 Å². The first-order valence-corrected chi connectivity index (χ1v) is 7.19. The van der Waals surface area contributed by atoms with Gasteiger partial charge in [0.25, 0.3) is 0 Å². The van der Waals surface area contributed by atoms with Crippen LogP contribution in [0.5, 0.6) is 0 Å². The molecule has 1 saturated carbocycles. The van der Waals surface area contributed by atoms with E-state index in [-0.39, 0.29) is 0 Å². The van der Waals surface area contributed by atoms with Gasteiger partial charge in [0.1, 0.15) is 5.54 Å². The number of benzene rings is 1. The minimum atomic E-state index is -0.794. The van der Waals surface area contributed by atoms with Gasteiger partial charge in [0.15, 0.2) is 0 Å². The quantitative estimate of drug-likeness (QED) is 0.828. The molecule has 4 heteroatoms. The van der Waals surface area contributed by atoms with Crippen LogP contribution in [-0.2, 0) is 4.79 Å². The first-order valence-electron chi connectivity index (χ1n) is 6.40. The predicted molar refractivity (Wildman–Crippen MR) is 75.8 cm³/mol. The molecule has 0 aliphatic heterocycles. The van der Waals surface area contributed by atoms with Crippen molar-refractivity contribution in [2.75, 3.05) is 5.32 Å². The summed E-state index contributed by atoms with van der Waals surface area (Å²) in [4.78, 5) is 11.6. The van der Waals surface area contributed by atoms with Gasteiger partial charge in [-0.25, -0.2) is 4.79 Å². The Hall–Kier alpha value is -1.03. The van der Waals surface area contributed by atoms with E-state index in [0.717, 1.165) is 35.8 Å². The van der Waals surface area contributed by atoms with Gasteiger partial charge in [0, 0.05) is 10.2 Å². The minimum Gasteiger partial charge on any atom is -0.480 e. The number of anilines is 1. The molecule has 2 N–H and O–H groups in total. The fraction of sp³-hybridized carbons (Fsp3) is 0.500. The third-order valence-electron chi connectivity index (χ3n) is 3.57. The van der Waals surface area contributed by atoms with E-state index in [4.69, 9.17) is 0 Å². The second kappa shape index (κ2) is 5.74. The maximum Gasteiger partial charge on any atom is 0.329 e. The lowest BCUT2D eigenvalue weighted by Gasteiger charge is -2.30. The van der Waals surface area contributed by atoms with Crippen LogP contribution in [0.3, 0.4) is 0 Å². The lowest BCUT2D eigenvalue weighted by Crippen LogP contribution is -2.46. The number of hydrogen-bond donors (Lipinski definition) is 2. The molecule has 1 aliphatic rings. The molecule has 0 atom stereocenters. The van der Waals surface area contributed by atoms with Crippen molar-refractivity contribution in [3.05, 3.63) is 28.7 Å². The molecule has 1 aromatic carbocycles. The predicted octanol–water partition coefficient (Wildman–Crippen LogP) is 4.04. The Bertz CT molecular complexity index is 426. The Morgan fingerprint density at radius 3 is 2.44 bits per heavy atom. The zero-order valence-corrected chi connectivity index (χ0v) is 11.9. The smallest absolute Gasteiger partial charge is 0.329 e. The van der Waals surface area contributed by atoms with Crippen molar-refractivity contribution in [3.8, 4) is 0 Å². The highest BCUT2D eigenvalue weighted by Crippen LogP contribution is 2.31. The molecule has 0 saturated heterocycles. The van der Waals surface area contributed by atoms with Gasteiger partial charge < -0.3 is 10.4 Å². The lowest BCUT2D eigenvalue weighted by molar-refractivity contribution is -0.142.